The van der Waals surface area contributed by atoms with E-state index in [9.17, 15) is 0 Å². The second-order valence-electron chi connectivity index (χ2n) is 2.37. The monoisotopic (exact) mass is 165 g/mol. The van der Waals surface area contributed by atoms with Crippen molar-refractivity contribution in [2.75, 3.05) is 0 Å². The van der Waals surface area contributed by atoms with Gasteiger partial charge in [0.05, 0.1) is 12.0 Å². The van der Waals surface area contributed by atoms with Gasteiger partial charge in [-0.1, -0.05) is 29.8 Å². The fraction of sp³-hybridized carbons (Fsp3) is 0.222. The van der Waals surface area contributed by atoms with E-state index >= 15 is 0 Å². The number of hydrogen-bond acceptors (Lipinski definition) is 1. The maximum atomic E-state index is 8.60. The van der Waals surface area contributed by atoms with Crippen LogP contribution in [0.2, 0.25) is 5.02 Å². The van der Waals surface area contributed by atoms with Gasteiger partial charge >= 0.3 is 0 Å². The van der Waals surface area contributed by atoms with Crippen molar-refractivity contribution in [1.29, 1.82) is 5.26 Å². The summed E-state index contributed by atoms with van der Waals surface area (Å²) in [5.41, 5.74) is 0.900. The Morgan fingerprint density at radius 1 is 1.45 bits per heavy atom. The largest absolute Gasteiger partial charge is 0.198 e. The van der Waals surface area contributed by atoms with Gasteiger partial charge in [0.25, 0.3) is 0 Å². The molecule has 1 aromatic rings. The zero-order chi connectivity index (χ0) is 8.27. The van der Waals surface area contributed by atoms with Gasteiger partial charge in [0, 0.05) is 5.02 Å². The molecule has 0 saturated heterocycles. The lowest BCUT2D eigenvalue weighted by Gasteiger charge is -2.03. The molecule has 0 bridgehead atoms. The van der Waals surface area contributed by atoms with E-state index in [2.05, 4.69) is 6.07 Å². The molecule has 0 radical (unpaired) electrons. The third kappa shape index (κ3) is 1.72. The van der Waals surface area contributed by atoms with Crippen molar-refractivity contribution in [3.05, 3.63) is 34.9 Å². The average Bonchev–Trinajstić information content (AvgIpc) is 2.04. The van der Waals surface area contributed by atoms with E-state index in [-0.39, 0.29) is 5.92 Å². The van der Waals surface area contributed by atoms with Gasteiger partial charge in [0.15, 0.2) is 0 Å². The topological polar surface area (TPSA) is 23.8 Å². The number of hydrogen-bond donors (Lipinski definition) is 0. The van der Waals surface area contributed by atoms with Crippen molar-refractivity contribution in [2.24, 2.45) is 0 Å². The first-order valence-corrected chi connectivity index (χ1v) is 3.77. The van der Waals surface area contributed by atoms with E-state index < -0.39 is 0 Å². The summed E-state index contributed by atoms with van der Waals surface area (Å²) in [5, 5.41) is 9.27. The first-order valence-electron chi connectivity index (χ1n) is 3.39. The van der Waals surface area contributed by atoms with Gasteiger partial charge in [-0.2, -0.15) is 5.26 Å². The van der Waals surface area contributed by atoms with E-state index in [1.165, 1.54) is 0 Å². The highest BCUT2D eigenvalue weighted by molar-refractivity contribution is 6.31. The molecule has 1 unspecified atom stereocenters. The summed E-state index contributed by atoms with van der Waals surface area (Å²) >= 11 is 5.85. The molecule has 0 aliphatic carbocycles. The molecule has 11 heavy (non-hydrogen) atoms. The molecule has 56 valence electrons. The molecular formula is C9H8ClN. The van der Waals surface area contributed by atoms with Gasteiger partial charge in [-0.05, 0) is 18.6 Å². The molecule has 0 spiro atoms. The number of nitriles is 1. The Bertz CT molecular complexity index is 288. The van der Waals surface area contributed by atoms with Crippen LogP contribution in [0.15, 0.2) is 24.3 Å². The molecular weight excluding hydrogens is 158 g/mol. The van der Waals surface area contributed by atoms with Crippen molar-refractivity contribution in [1.82, 2.24) is 0 Å². The Kier molecular flexibility index (Phi) is 2.51. The predicted molar refractivity (Wildman–Crippen MR) is 45.5 cm³/mol. The quantitative estimate of drug-likeness (QED) is 0.628. The molecule has 0 amide bonds. The highest BCUT2D eigenvalue weighted by Gasteiger charge is 2.05. The normalized spacial score (nSPS) is 12.1. The summed E-state index contributed by atoms with van der Waals surface area (Å²) in [5.74, 6) is -0.122. The van der Waals surface area contributed by atoms with E-state index in [1.807, 2.05) is 25.1 Å². The van der Waals surface area contributed by atoms with Crippen LogP contribution in [0.3, 0.4) is 0 Å². The highest BCUT2D eigenvalue weighted by Crippen LogP contribution is 2.22. The Labute approximate surface area is 71.2 Å². The van der Waals surface area contributed by atoms with E-state index in [0.29, 0.717) is 5.02 Å². The van der Waals surface area contributed by atoms with Gasteiger partial charge in [-0.3, -0.25) is 0 Å². The van der Waals surface area contributed by atoms with Crippen molar-refractivity contribution in [3.8, 4) is 6.07 Å². The van der Waals surface area contributed by atoms with Gasteiger partial charge in [-0.15, -0.1) is 0 Å². The standard InChI is InChI=1S/C9H8ClN/c1-7(6-11)8-4-2-3-5-9(8)10/h2-5,7H,1H3. The number of nitrogens with zero attached hydrogens (tertiary/aromatic N) is 1. The average molecular weight is 166 g/mol. The summed E-state index contributed by atoms with van der Waals surface area (Å²) in [7, 11) is 0. The van der Waals surface area contributed by atoms with Crippen molar-refractivity contribution in [3.63, 3.8) is 0 Å². The molecule has 0 aliphatic heterocycles. The zero-order valence-corrected chi connectivity index (χ0v) is 6.97. The minimum atomic E-state index is -0.122. The second-order valence-corrected chi connectivity index (χ2v) is 2.78. The second kappa shape index (κ2) is 3.41. The summed E-state index contributed by atoms with van der Waals surface area (Å²) in [6.45, 7) is 1.83. The van der Waals surface area contributed by atoms with Crippen LogP contribution in [-0.2, 0) is 0 Å². The third-order valence-electron chi connectivity index (χ3n) is 1.57. The Morgan fingerprint density at radius 3 is 2.64 bits per heavy atom. The summed E-state index contributed by atoms with van der Waals surface area (Å²) < 4.78 is 0. The van der Waals surface area contributed by atoms with Gasteiger partial charge in [-0.25, -0.2) is 0 Å². The van der Waals surface area contributed by atoms with Crippen LogP contribution >= 0.6 is 11.6 Å². The molecule has 1 rings (SSSR count). The van der Waals surface area contributed by atoms with Crippen molar-refractivity contribution >= 4 is 11.6 Å². The molecule has 1 aromatic carbocycles. The molecule has 0 fully saturated rings. The minimum absolute atomic E-state index is 0.122. The number of halogens is 1. The molecule has 0 saturated carbocycles. The Hall–Kier alpha value is -1.00. The summed E-state index contributed by atoms with van der Waals surface area (Å²) in [4.78, 5) is 0. The lowest BCUT2D eigenvalue weighted by molar-refractivity contribution is 0.982. The van der Waals surface area contributed by atoms with Crippen molar-refractivity contribution in [2.45, 2.75) is 12.8 Å². The van der Waals surface area contributed by atoms with E-state index in [1.54, 1.807) is 6.07 Å². The third-order valence-corrected chi connectivity index (χ3v) is 1.91. The Balaban J connectivity index is 3.05. The molecule has 0 aromatic heterocycles. The maximum absolute atomic E-state index is 8.60. The molecule has 2 heteroatoms. The Morgan fingerprint density at radius 2 is 2.09 bits per heavy atom. The van der Waals surface area contributed by atoms with Crippen LogP contribution in [0, 0.1) is 11.3 Å². The van der Waals surface area contributed by atoms with Gasteiger partial charge < -0.3 is 0 Å². The first-order chi connectivity index (χ1) is 5.25. The molecule has 1 atom stereocenters. The van der Waals surface area contributed by atoms with Crippen LogP contribution < -0.4 is 0 Å². The number of benzene rings is 1. The van der Waals surface area contributed by atoms with Crippen LogP contribution in [0.1, 0.15) is 18.4 Å². The lowest BCUT2D eigenvalue weighted by Crippen LogP contribution is -1.89. The van der Waals surface area contributed by atoms with Crippen LogP contribution in [0.5, 0.6) is 0 Å². The van der Waals surface area contributed by atoms with E-state index in [0.717, 1.165) is 5.56 Å². The zero-order valence-electron chi connectivity index (χ0n) is 6.21. The fourth-order valence-corrected chi connectivity index (χ4v) is 1.20. The molecule has 0 N–H and O–H groups in total. The van der Waals surface area contributed by atoms with Gasteiger partial charge in [0.1, 0.15) is 0 Å². The fourth-order valence-electron chi connectivity index (χ4n) is 0.896. The smallest absolute Gasteiger partial charge is 0.0701 e. The van der Waals surface area contributed by atoms with E-state index in [4.69, 9.17) is 16.9 Å². The number of rotatable bonds is 1. The molecule has 0 aliphatic rings. The van der Waals surface area contributed by atoms with Gasteiger partial charge in [0.2, 0.25) is 0 Å². The SMILES string of the molecule is CC(C#N)c1ccccc1Cl. The first kappa shape index (κ1) is 8.10. The molecule has 1 nitrogen and oxygen atoms in total. The van der Waals surface area contributed by atoms with Crippen molar-refractivity contribution < 1.29 is 0 Å². The minimum Gasteiger partial charge on any atom is -0.198 e. The van der Waals surface area contributed by atoms with Crippen LogP contribution in [-0.4, -0.2) is 0 Å². The van der Waals surface area contributed by atoms with Crippen LogP contribution in [0.25, 0.3) is 0 Å². The maximum Gasteiger partial charge on any atom is 0.0701 e. The lowest BCUT2D eigenvalue weighted by atomic mass is 10.0. The summed E-state index contributed by atoms with van der Waals surface area (Å²) in [6.07, 6.45) is 0. The molecule has 0 heterocycles. The predicted octanol–water partition coefficient (Wildman–Crippen LogP) is 2.97. The van der Waals surface area contributed by atoms with Crippen LogP contribution in [0.4, 0.5) is 0 Å². The summed E-state index contributed by atoms with van der Waals surface area (Å²) in [6, 6.07) is 9.55. The highest BCUT2D eigenvalue weighted by atomic mass is 35.5.